The van der Waals surface area contributed by atoms with E-state index in [-0.39, 0.29) is 17.2 Å². The standard InChI is InChI=1S/C13H20BrN3O2/c1-3-17(4-2)6-5-16-13(19)9-7-10(14)11(15)8-12(9)18/h7-8,18H,3-6,15H2,1-2H3,(H,16,19). The molecule has 1 aromatic carbocycles. The lowest BCUT2D eigenvalue weighted by atomic mass is 10.1. The Bertz CT molecular complexity index is 448. The van der Waals surface area contributed by atoms with Crippen LogP contribution in [0.15, 0.2) is 16.6 Å². The maximum absolute atomic E-state index is 11.9. The van der Waals surface area contributed by atoms with Crippen molar-refractivity contribution in [3.8, 4) is 5.75 Å². The molecule has 0 aliphatic carbocycles. The molecule has 0 saturated heterocycles. The summed E-state index contributed by atoms with van der Waals surface area (Å²) in [5.41, 5.74) is 6.24. The normalized spacial score (nSPS) is 10.7. The zero-order valence-corrected chi connectivity index (χ0v) is 12.8. The highest BCUT2D eigenvalue weighted by Crippen LogP contribution is 2.28. The maximum Gasteiger partial charge on any atom is 0.255 e. The van der Waals surface area contributed by atoms with Crippen LogP contribution in [-0.4, -0.2) is 42.1 Å². The molecule has 106 valence electrons. The van der Waals surface area contributed by atoms with E-state index in [1.54, 1.807) is 0 Å². The number of hydrogen-bond acceptors (Lipinski definition) is 4. The molecule has 4 N–H and O–H groups in total. The van der Waals surface area contributed by atoms with E-state index in [0.717, 1.165) is 19.6 Å². The van der Waals surface area contributed by atoms with E-state index in [9.17, 15) is 9.90 Å². The van der Waals surface area contributed by atoms with Crippen molar-refractivity contribution in [2.45, 2.75) is 13.8 Å². The molecule has 0 spiro atoms. The number of carbonyl (C=O) groups is 1. The van der Waals surface area contributed by atoms with Crippen LogP contribution in [0.3, 0.4) is 0 Å². The number of benzene rings is 1. The van der Waals surface area contributed by atoms with Gasteiger partial charge in [-0.15, -0.1) is 0 Å². The van der Waals surface area contributed by atoms with E-state index in [4.69, 9.17) is 5.73 Å². The fourth-order valence-electron chi connectivity index (χ4n) is 1.72. The van der Waals surface area contributed by atoms with Gasteiger partial charge in [-0.25, -0.2) is 0 Å². The Morgan fingerprint density at radius 2 is 2.05 bits per heavy atom. The summed E-state index contributed by atoms with van der Waals surface area (Å²) >= 11 is 3.24. The summed E-state index contributed by atoms with van der Waals surface area (Å²) in [6.07, 6.45) is 0. The minimum absolute atomic E-state index is 0.110. The number of nitrogens with zero attached hydrogens (tertiary/aromatic N) is 1. The number of phenolic OH excluding ortho intramolecular Hbond substituents is 1. The van der Waals surface area contributed by atoms with Gasteiger partial charge in [-0.2, -0.15) is 0 Å². The number of rotatable bonds is 6. The molecule has 5 nitrogen and oxygen atoms in total. The molecule has 0 atom stereocenters. The minimum Gasteiger partial charge on any atom is -0.507 e. The van der Waals surface area contributed by atoms with Crippen molar-refractivity contribution in [1.29, 1.82) is 0 Å². The number of hydrogen-bond donors (Lipinski definition) is 3. The number of carbonyl (C=O) groups excluding carboxylic acids is 1. The summed E-state index contributed by atoms with van der Waals surface area (Å²) in [6.45, 7) is 7.39. The SMILES string of the molecule is CCN(CC)CCNC(=O)c1cc(Br)c(N)cc1O. The van der Waals surface area contributed by atoms with E-state index in [0.29, 0.717) is 16.7 Å². The Labute approximate surface area is 121 Å². The molecule has 0 aliphatic rings. The predicted octanol–water partition coefficient (Wildman–Crippen LogP) is 1.81. The largest absolute Gasteiger partial charge is 0.507 e. The Morgan fingerprint density at radius 3 is 2.63 bits per heavy atom. The highest BCUT2D eigenvalue weighted by molar-refractivity contribution is 9.10. The second-order valence-electron chi connectivity index (χ2n) is 4.17. The van der Waals surface area contributed by atoms with E-state index >= 15 is 0 Å². The number of amides is 1. The monoisotopic (exact) mass is 329 g/mol. The van der Waals surface area contributed by atoms with Gasteiger partial charge in [-0.1, -0.05) is 13.8 Å². The third-order valence-corrected chi connectivity index (χ3v) is 3.65. The number of halogens is 1. The van der Waals surface area contributed by atoms with E-state index in [2.05, 4.69) is 40.0 Å². The molecule has 6 heteroatoms. The van der Waals surface area contributed by atoms with Crippen molar-refractivity contribution in [1.82, 2.24) is 10.2 Å². The smallest absolute Gasteiger partial charge is 0.255 e. The Kier molecular flexibility index (Phi) is 6.11. The van der Waals surface area contributed by atoms with E-state index in [1.807, 2.05) is 0 Å². The van der Waals surface area contributed by atoms with Gasteiger partial charge in [0.2, 0.25) is 0 Å². The third kappa shape index (κ3) is 4.40. The van der Waals surface area contributed by atoms with Crippen LogP contribution < -0.4 is 11.1 Å². The van der Waals surface area contributed by atoms with Gasteiger partial charge in [0.05, 0.1) is 5.56 Å². The second-order valence-corrected chi connectivity index (χ2v) is 5.03. The summed E-state index contributed by atoms with van der Waals surface area (Å²) in [6, 6.07) is 2.89. The molecule has 0 aliphatic heterocycles. The Morgan fingerprint density at radius 1 is 1.42 bits per heavy atom. The average molecular weight is 330 g/mol. The van der Waals surface area contributed by atoms with Crippen LogP contribution >= 0.6 is 15.9 Å². The van der Waals surface area contributed by atoms with Gasteiger partial charge in [0.1, 0.15) is 5.75 Å². The van der Waals surface area contributed by atoms with Gasteiger partial charge in [0.15, 0.2) is 0 Å². The van der Waals surface area contributed by atoms with Crippen molar-refractivity contribution in [2.24, 2.45) is 0 Å². The zero-order chi connectivity index (χ0) is 14.4. The second kappa shape index (κ2) is 7.35. The van der Waals surface area contributed by atoms with Crippen LogP contribution in [0.2, 0.25) is 0 Å². The summed E-state index contributed by atoms with van der Waals surface area (Å²) in [4.78, 5) is 14.1. The van der Waals surface area contributed by atoms with Crippen LogP contribution in [0.25, 0.3) is 0 Å². The Balaban J connectivity index is 2.61. The van der Waals surface area contributed by atoms with E-state index in [1.165, 1.54) is 12.1 Å². The number of anilines is 1. The molecule has 0 aromatic heterocycles. The van der Waals surface area contributed by atoms with Gasteiger partial charge < -0.3 is 21.1 Å². The first-order chi connectivity index (χ1) is 8.99. The first-order valence-electron chi connectivity index (χ1n) is 6.28. The number of aromatic hydroxyl groups is 1. The van der Waals surface area contributed by atoms with Crippen LogP contribution in [-0.2, 0) is 0 Å². The van der Waals surface area contributed by atoms with Crippen LogP contribution in [0, 0.1) is 0 Å². The van der Waals surface area contributed by atoms with Crippen molar-refractivity contribution in [3.05, 3.63) is 22.2 Å². The van der Waals surface area contributed by atoms with Crippen LogP contribution in [0.1, 0.15) is 24.2 Å². The molecule has 19 heavy (non-hydrogen) atoms. The lowest BCUT2D eigenvalue weighted by Crippen LogP contribution is -2.34. The van der Waals surface area contributed by atoms with E-state index < -0.39 is 0 Å². The maximum atomic E-state index is 11.9. The molecule has 0 fully saturated rings. The molecule has 0 bridgehead atoms. The topological polar surface area (TPSA) is 78.6 Å². The number of nitrogens with one attached hydrogen (secondary N) is 1. The van der Waals surface area contributed by atoms with Crippen molar-refractivity contribution >= 4 is 27.5 Å². The van der Waals surface area contributed by atoms with Crippen molar-refractivity contribution in [2.75, 3.05) is 31.9 Å². The van der Waals surface area contributed by atoms with Gasteiger partial charge >= 0.3 is 0 Å². The van der Waals surface area contributed by atoms with Crippen molar-refractivity contribution < 1.29 is 9.90 Å². The molecular weight excluding hydrogens is 310 g/mol. The molecule has 1 rings (SSSR count). The quantitative estimate of drug-likeness (QED) is 0.695. The highest BCUT2D eigenvalue weighted by Gasteiger charge is 2.13. The molecule has 0 radical (unpaired) electrons. The van der Waals surface area contributed by atoms with Gasteiger partial charge in [0, 0.05) is 29.3 Å². The average Bonchev–Trinajstić information content (AvgIpc) is 2.38. The van der Waals surface area contributed by atoms with Gasteiger partial charge in [-0.05, 0) is 35.1 Å². The molecule has 0 saturated carbocycles. The summed E-state index contributed by atoms with van der Waals surface area (Å²) < 4.78 is 0.596. The third-order valence-electron chi connectivity index (χ3n) is 2.97. The predicted molar refractivity (Wildman–Crippen MR) is 80.3 cm³/mol. The summed E-state index contributed by atoms with van der Waals surface area (Å²) in [7, 11) is 0. The van der Waals surface area contributed by atoms with Gasteiger partial charge in [-0.3, -0.25) is 4.79 Å². The first kappa shape index (κ1) is 15.8. The first-order valence-corrected chi connectivity index (χ1v) is 7.07. The number of nitrogens with two attached hydrogens (primary N) is 1. The van der Waals surface area contributed by atoms with Gasteiger partial charge in [0.25, 0.3) is 5.91 Å². The fourth-order valence-corrected chi connectivity index (χ4v) is 2.07. The number of phenols is 1. The summed E-state index contributed by atoms with van der Waals surface area (Å²) in [5.74, 6) is -0.411. The number of nitrogen functional groups attached to an aromatic ring is 1. The summed E-state index contributed by atoms with van der Waals surface area (Å²) in [5, 5.41) is 12.5. The Hall–Kier alpha value is -1.27. The van der Waals surface area contributed by atoms with Crippen molar-refractivity contribution in [3.63, 3.8) is 0 Å². The van der Waals surface area contributed by atoms with Crippen LogP contribution in [0.4, 0.5) is 5.69 Å². The van der Waals surface area contributed by atoms with Crippen LogP contribution in [0.5, 0.6) is 5.75 Å². The molecule has 1 aromatic rings. The molecule has 0 unspecified atom stereocenters. The zero-order valence-electron chi connectivity index (χ0n) is 11.2. The fraction of sp³-hybridized carbons (Fsp3) is 0.462. The molecular formula is C13H20BrN3O2. The minimum atomic E-state index is -0.301. The molecule has 1 amide bonds. The lowest BCUT2D eigenvalue weighted by Gasteiger charge is -2.18. The molecule has 0 heterocycles. The number of likely N-dealkylation sites (N-methyl/N-ethyl adjacent to an activating group) is 1. The lowest BCUT2D eigenvalue weighted by molar-refractivity contribution is 0.0946. The highest BCUT2D eigenvalue weighted by atomic mass is 79.9.